The van der Waals surface area contributed by atoms with Crippen LogP contribution in [0.25, 0.3) is 0 Å². The van der Waals surface area contributed by atoms with Gasteiger partial charge in [-0.2, -0.15) is 0 Å². The summed E-state index contributed by atoms with van der Waals surface area (Å²) in [5, 5.41) is 13.3. The highest BCUT2D eigenvalue weighted by atomic mass is 16.5. The second-order valence-corrected chi connectivity index (χ2v) is 6.21. The molecule has 0 spiro atoms. The average molecular weight is 290 g/mol. The number of hydrogen-bond donors (Lipinski definition) is 2. The minimum Gasteiger partial charge on any atom is -0.504 e. The van der Waals surface area contributed by atoms with Crippen LogP contribution in [-0.2, 0) is 0 Å². The molecule has 1 saturated heterocycles. The molecule has 0 amide bonds. The molecule has 1 saturated carbocycles. The summed E-state index contributed by atoms with van der Waals surface area (Å²) in [6.45, 7) is 4.34. The van der Waals surface area contributed by atoms with E-state index in [9.17, 15) is 5.11 Å². The van der Waals surface area contributed by atoms with E-state index in [1.165, 1.54) is 31.2 Å². The standard InChI is InChI=1S/C17H26N2O2/c1-21-16-12-14(6-7-15(16)20)17(13-4-2-3-5-13)19-10-8-18-9-11-19/h6-7,12-13,17-18,20H,2-5,8-11H2,1H3/t17-/m0/s1. The zero-order valence-electron chi connectivity index (χ0n) is 12.8. The Kier molecular flexibility index (Phi) is 4.66. The Morgan fingerprint density at radius 1 is 1.24 bits per heavy atom. The number of benzene rings is 1. The van der Waals surface area contributed by atoms with E-state index in [1.807, 2.05) is 6.07 Å². The third-order valence-electron chi connectivity index (χ3n) is 4.94. The van der Waals surface area contributed by atoms with Crippen LogP contribution in [0.4, 0.5) is 0 Å². The summed E-state index contributed by atoms with van der Waals surface area (Å²) in [6.07, 6.45) is 5.33. The largest absolute Gasteiger partial charge is 0.504 e. The number of phenolic OH excluding ortho intramolecular Hbond substituents is 1. The fraction of sp³-hybridized carbons (Fsp3) is 0.647. The van der Waals surface area contributed by atoms with Crippen LogP contribution >= 0.6 is 0 Å². The number of aromatic hydroxyl groups is 1. The predicted molar refractivity (Wildman–Crippen MR) is 83.8 cm³/mol. The molecular formula is C17H26N2O2. The van der Waals surface area contributed by atoms with Crippen LogP contribution in [0, 0.1) is 5.92 Å². The first-order valence-electron chi connectivity index (χ1n) is 8.11. The Labute approximate surface area is 127 Å². The Morgan fingerprint density at radius 2 is 1.95 bits per heavy atom. The van der Waals surface area contributed by atoms with Gasteiger partial charge in [-0.3, -0.25) is 4.90 Å². The second kappa shape index (κ2) is 6.67. The molecule has 4 nitrogen and oxygen atoms in total. The molecule has 4 heteroatoms. The number of rotatable bonds is 4. The van der Waals surface area contributed by atoms with E-state index >= 15 is 0 Å². The van der Waals surface area contributed by atoms with Crippen LogP contribution in [0.5, 0.6) is 11.5 Å². The average Bonchev–Trinajstić information content (AvgIpc) is 3.04. The number of methoxy groups -OCH3 is 1. The van der Waals surface area contributed by atoms with Gasteiger partial charge in [0.25, 0.3) is 0 Å². The van der Waals surface area contributed by atoms with Crippen LogP contribution in [0.1, 0.15) is 37.3 Å². The van der Waals surface area contributed by atoms with Crippen LogP contribution < -0.4 is 10.1 Å². The molecule has 116 valence electrons. The van der Waals surface area contributed by atoms with E-state index in [4.69, 9.17) is 4.74 Å². The van der Waals surface area contributed by atoms with Crippen LogP contribution in [0.2, 0.25) is 0 Å². The Balaban J connectivity index is 1.89. The number of ether oxygens (including phenoxy) is 1. The van der Waals surface area contributed by atoms with Crippen molar-refractivity contribution >= 4 is 0 Å². The van der Waals surface area contributed by atoms with Crippen LogP contribution in [0.15, 0.2) is 18.2 Å². The molecule has 1 atom stereocenters. The molecule has 0 radical (unpaired) electrons. The molecule has 1 aliphatic carbocycles. The molecule has 1 aliphatic heterocycles. The minimum atomic E-state index is 0.228. The van der Waals surface area contributed by atoms with Crippen molar-refractivity contribution in [2.24, 2.45) is 5.92 Å². The maximum atomic E-state index is 9.84. The molecule has 1 aromatic rings. The molecule has 0 unspecified atom stereocenters. The van der Waals surface area contributed by atoms with Gasteiger partial charge in [0.1, 0.15) is 0 Å². The van der Waals surface area contributed by atoms with Gasteiger partial charge in [0.2, 0.25) is 0 Å². The van der Waals surface area contributed by atoms with Gasteiger partial charge in [-0.15, -0.1) is 0 Å². The summed E-state index contributed by atoms with van der Waals surface area (Å²) in [5.74, 6) is 1.55. The van der Waals surface area contributed by atoms with E-state index in [2.05, 4.69) is 16.3 Å². The number of hydrogen-bond acceptors (Lipinski definition) is 4. The van der Waals surface area contributed by atoms with Crippen molar-refractivity contribution in [3.8, 4) is 11.5 Å². The first-order chi connectivity index (χ1) is 10.3. The predicted octanol–water partition coefficient (Wildman–Crippen LogP) is 2.54. The normalized spacial score (nSPS) is 22.3. The minimum absolute atomic E-state index is 0.228. The quantitative estimate of drug-likeness (QED) is 0.894. The van der Waals surface area contributed by atoms with Crippen molar-refractivity contribution in [1.29, 1.82) is 0 Å². The first kappa shape index (κ1) is 14.7. The molecule has 3 rings (SSSR count). The molecule has 21 heavy (non-hydrogen) atoms. The molecule has 2 N–H and O–H groups in total. The Morgan fingerprint density at radius 3 is 2.62 bits per heavy atom. The first-order valence-corrected chi connectivity index (χ1v) is 8.11. The van der Waals surface area contributed by atoms with Gasteiger partial charge in [0.05, 0.1) is 7.11 Å². The zero-order chi connectivity index (χ0) is 14.7. The third-order valence-corrected chi connectivity index (χ3v) is 4.94. The van der Waals surface area contributed by atoms with E-state index < -0.39 is 0 Å². The highest BCUT2D eigenvalue weighted by molar-refractivity contribution is 5.43. The summed E-state index contributed by atoms with van der Waals surface area (Å²) in [5.41, 5.74) is 1.29. The van der Waals surface area contributed by atoms with Crippen molar-refractivity contribution < 1.29 is 9.84 Å². The maximum Gasteiger partial charge on any atom is 0.160 e. The second-order valence-electron chi connectivity index (χ2n) is 6.21. The lowest BCUT2D eigenvalue weighted by Gasteiger charge is -2.38. The number of phenols is 1. The highest BCUT2D eigenvalue weighted by Gasteiger charge is 2.32. The van der Waals surface area contributed by atoms with Gasteiger partial charge in [-0.25, -0.2) is 0 Å². The van der Waals surface area contributed by atoms with Crippen LogP contribution in [0.3, 0.4) is 0 Å². The summed E-state index contributed by atoms with van der Waals surface area (Å²) in [4.78, 5) is 2.61. The summed E-state index contributed by atoms with van der Waals surface area (Å²) in [6, 6.07) is 6.34. The number of piperazine rings is 1. The van der Waals surface area contributed by atoms with Crippen molar-refractivity contribution in [3.05, 3.63) is 23.8 Å². The fourth-order valence-electron chi connectivity index (χ4n) is 3.89. The fourth-order valence-corrected chi connectivity index (χ4v) is 3.89. The van der Waals surface area contributed by atoms with Crippen molar-refractivity contribution in [3.63, 3.8) is 0 Å². The van der Waals surface area contributed by atoms with E-state index in [0.29, 0.717) is 11.8 Å². The zero-order valence-corrected chi connectivity index (χ0v) is 12.8. The summed E-state index contributed by atoms with van der Waals surface area (Å²) < 4.78 is 5.30. The lowest BCUT2D eigenvalue weighted by Crippen LogP contribution is -2.46. The topological polar surface area (TPSA) is 44.7 Å². The number of nitrogens with zero attached hydrogens (tertiary/aromatic N) is 1. The van der Waals surface area contributed by atoms with E-state index in [1.54, 1.807) is 13.2 Å². The summed E-state index contributed by atoms with van der Waals surface area (Å²) in [7, 11) is 1.62. The van der Waals surface area contributed by atoms with Crippen LogP contribution in [-0.4, -0.2) is 43.3 Å². The third kappa shape index (κ3) is 3.16. The Hall–Kier alpha value is -1.26. The van der Waals surface area contributed by atoms with Crippen molar-refractivity contribution in [2.45, 2.75) is 31.7 Å². The van der Waals surface area contributed by atoms with Gasteiger partial charge in [-0.05, 0) is 36.5 Å². The van der Waals surface area contributed by atoms with Gasteiger partial charge >= 0.3 is 0 Å². The molecule has 0 bridgehead atoms. The Bertz CT molecular complexity index is 466. The van der Waals surface area contributed by atoms with Gasteiger partial charge in [-0.1, -0.05) is 18.9 Å². The number of nitrogens with one attached hydrogen (secondary N) is 1. The monoisotopic (exact) mass is 290 g/mol. The molecule has 2 aliphatic rings. The summed E-state index contributed by atoms with van der Waals surface area (Å²) >= 11 is 0. The smallest absolute Gasteiger partial charge is 0.160 e. The molecule has 1 heterocycles. The van der Waals surface area contributed by atoms with E-state index in [0.717, 1.165) is 32.1 Å². The van der Waals surface area contributed by atoms with Gasteiger partial charge in [0.15, 0.2) is 11.5 Å². The SMILES string of the molecule is COc1cc([C@H](C2CCCC2)N2CCNCC2)ccc1O. The highest BCUT2D eigenvalue weighted by Crippen LogP contribution is 2.41. The van der Waals surface area contributed by atoms with E-state index in [-0.39, 0.29) is 5.75 Å². The lowest BCUT2D eigenvalue weighted by molar-refractivity contribution is 0.125. The van der Waals surface area contributed by atoms with Crippen molar-refractivity contribution in [1.82, 2.24) is 10.2 Å². The lowest BCUT2D eigenvalue weighted by atomic mass is 9.89. The van der Waals surface area contributed by atoms with Gasteiger partial charge in [0, 0.05) is 32.2 Å². The molecule has 0 aromatic heterocycles. The molecule has 1 aromatic carbocycles. The molecule has 2 fully saturated rings. The molecular weight excluding hydrogens is 264 g/mol. The maximum absolute atomic E-state index is 9.84. The van der Waals surface area contributed by atoms with Gasteiger partial charge < -0.3 is 15.2 Å². The van der Waals surface area contributed by atoms with Crippen molar-refractivity contribution in [2.75, 3.05) is 33.3 Å².